The summed E-state index contributed by atoms with van der Waals surface area (Å²) in [5.74, 6) is 0.250. The number of benzene rings is 2. The molecule has 0 spiro atoms. The molecular weight excluding hydrogens is 336 g/mol. The number of carbonyl (C=O) groups is 1. The highest BCUT2D eigenvalue weighted by Crippen LogP contribution is 2.31. The van der Waals surface area contributed by atoms with Crippen LogP contribution in [0.3, 0.4) is 0 Å². The van der Waals surface area contributed by atoms with Crippen molar-refractivity contribution in [3.63, 3.8) is 0 Å². The number of esters is 1. The van der Waals surface area contributed by atoms with Gasteiger partial charge in [-0.3, -0.25) is 0 Å². The van der Waals surface area contributed by atoms with E-state index in [4.69, 9.17) is 15.2 Å². The Labute approximate surface area is 131 Å². The summed E-state index contributed by atoms with van der Waals surface area (Å²) >= 11 is 3.45. The predicted octanol–water partition coefficient (Wildman–Crippen LogP) is 3.57. The second-order valence-electron chi connectivity index (χ2n) is 4.27. The second kappa shape index (κ2) is 6.49. The largest absolute Gasteiger partial charge is 0.497 e. The summed E-state index contributed by atoms with van der Waals surface area (Å²) in [6, 6.07) is 10.5. The van der Waals surface area contributed by atoms with Gasteiger partial charge in [0.2, 0.25) is 0 Å². The fourth-order valence-corrected chi connectivity index (χ4v) is 2.17. The molecule has 2 aromatic carbocycles. The lowest BCUT2D eigenvalue weighted by atomic mass is 10.1. The quantitative estimate of drug-likeness (QED) is 0.651. The van der Waals surface area contributed by atoms with Gasteiger partial charge < -0.3 is 20.5 Å². The van der Waals surface area contributed by atoms with Gasteiger partial charge in [0.15, 0.2) is 0 Å². The fourth-order valence-electron chi connectivity index (χ4n) is 1.82. The van der Waals surface area contributed by atoms with Crippen molar-refractivity contribution < 1.29 is 14.3 Å². The molecule has 2 rings (SSSR count). The van der Waals surface area contributed by atoms with Gasteiger partial charge in [0.1, 0.15) is 5.75 Å². The molecule has 0 heterocycles. The topological polar surface area (TPSA) is 73.6 Å². The minimum absolute atomic E-state index is 0.368. The number of nitrogens with one attached hydrogen (secondary N) is 1. The molecule has 2 aromatic rings. The van der Waals surface area contributed by atoms with Gasteiger partial charge in [-0.05, 0) is 46.3 Å². The third kappa shape index (κ3) is 3.46. The van der Waals surface area contributed by atoms with Crippen LogP contribution in [-0.2, 0) is 4.74 Å². The van der Waals surface area contributed by atoms with Gasteiger partial charge in [0.05, 0.1) is 31.2 Å². The van der Waals surface area contributed by atoms with E-state index in [0.29, 0.717) is 22.7 Å². The van der Waals surface area contributed by atoms with Crippen LogP contribution < -0.4 is 15.8 Å². The average Bonchev–Trinajstić information content (AvgIpc) is 2.50. The van der Waals surface area contributed by atoms with E-state index in [-0.39, 0.29) is 0 Å². The lowest BCUT2D eigenvalue weighted by Crippen LogP contribution is -2.07. The third-order valence-electron chi connectivity index (χ3n) is 2.89. The Morgan fingerprint density at radius 3 is 2.57 bits per heavy atom. The molecule has 0 aromatic heterocycles. The number of nitrogens with two attached hydrogens (primary N) is 1. The second-order valence-corrected chi connectivity index (χ2v) is 5.12. The molecule has 5 nitrogen and oxygen atoms in total. The molecule has 0 radical (unpaired) electrons. The SMILES string of the molecule is COC(=O)c1cc(N)ccc1Nc1cc(OC)ccc1Br. The molecule has 3 N–H and O–H groups in total. The molecule has 0 aliphatic rings. The summed E-state index contributed by atoms with van der Waals surface area (Å²) in [6.45, 7) is 0. The number of halogens is 1. The lowest BCUT2D eigenvalue weighted by Gasteiger charge is -2.13. The number of hydrogen-bond donors (Lipinski definition) is 2. The molecule has 0 aliphatic carbocycles. The number of methoxy groups -OCH3 is 2. The van der Waals surface area contributed by atoms with E-state index in [0.717, 1.165) is 10.2 Å². The summed E-state index contributed by atoms with van der Waals surface area (Å²) in [6.07, 6.45) is 0. The zero-order chi connectivity index (χ0) is 15.4. The van der Waals surface area contributed by atoms with Gasteiger partial charge in [0, 0.05) is 16.2 Å². The van der Waals surface area contributed by atoms with E-state index in [9.17, 15) is 4.79 Å². The zero-order valence-electron chi connectivity index (χ0n) is 11.6. The van der Waals surface area contributed by atoms with Gasteiger partial charge >= 0.3 is 5.97 Å². The number of hydrogen-bond acceptors (Lipinski definition) is 5. The monoisotopic (exact) mass is 350 g/mol. The molecule has 0 saturated carbocycles. The highest BCUT2D eigenvalue weighted by molar-refractivity contribution is 9.10. The number of anilines is 3. The van der Waals surface area contributed by atoms with E-state index in [1.807, 2.05) is 18.2 Å². The number of carbonyl (C=O) groups excluding carboxylic acids is 1. The van der Waals surface area contributed by atoms with E-state index < -0.39 is 5.97 Å². The molecule has 0 fully saturated rings. The Balaban J connectivity index is 2.42. The van der Waals surface area contributed by atoms with Crippen LogP contribution in [0, 0.1) is 0 Å². The summed E-state index contributed by atoms with van der Waals surface area (Å²) in [4.78, 5) is 11.8. The van der Waals surface area contributed by atoms with Crippen LogP contribution in [-0.4, -0.2) is 20.2 Å². The molecule has 21 heavy (non-hydrogen) atoms. The molecule has 110 valence electrons. The first-order valence-electron chi connectivity index (χ1n) is 6.13. The van der Waals surface area contributed by atoms with E-state index in [2.05, 4.69) is 21.2 Å². The van der Waals surface area contributed by atoms with Crippen LogP contribution in [0.4, 0.5) is 17.1 Å². The van der Waals surface area contributed by atoms with Crippen molar-refractivity contribution in [3.8, 4) is 5.75 Å². The normalized spacial score (nSPS) is 10.0. The predicted molar refractivity (Wildman–Crippen MR) is 86.2 cm³/mol. The van der Waals surface area contributed by atoms with Crippen LogP contribution in [0.2, 0.25) is 0 Å². The molecule has 0 saturated heterocycles. The van der Waals surface area contributed by atoms with Gasteiger partial charge in [-0.15, -0.1) is 0 Å². The van der Waals surface area contributed by atoms with Crippen molar-refractivity contribution in [2.75, 3.05) is 25.3 Å². The smallest absolute Gasteiger partial charge is 0.340 e. The van der Waals surface area contributed by atoms with Crippen molar-refractivity contribution >= 4 is 39.0 Å². The molecule has 0 unspecified atom stereocenters. The first-order chi connectivity index (χ1) is 10.0. The van der Waals surface area contributed by atoms with Crippen molar-refractivity contribution in [1.82, 2.24) is 0 Å². The summed E-state index contributed by atoms with van der Waals surface area (Å²) in [5.41, 5.74) is 7.95. The Kier molecular flexibility index (Phi) is 4.70. The Morgan fingerprint density at radius 2 is 1.90 bits per heavy atom. The number of ether oxygens (including phenoxy) is 2. The molecular formula is C15H15BrN2O3. The zero-order valence-corrected chi connectivity index (χ0v) is 13.2. The van der Waals surface area contributed by atoms with Crippen LogP contribution in [0.5, 0.6) is 5.75 Å². The Morgan fingerprint density at radius 1 is 1.14 bits per heavy atom. The van der Waals surface area contributed by atoms with Crippen molar-refractivity contribution in [1.29, 1.82) is 0 Å². The fraction of sp³-hybridized carbons (Fsp3) is 0.133. The van der Waals surface area contributed by atoms with E-state index in [1.165, 1.54) is 7.11 Å². The van der Waals surface area contributed by atoms with Gasteiger partial charge in [-0.25, -0.2) is 4.79 Å². The lowest BCUT2D eigenvalue weighted by molar-refractivity contribution is 0.0602. The van der Waals surface area contributed by atoms with Gasteiger partial charge in [-0.2, -0.15) is 0 Å². The van der Waals surface area contributed by atoms with Crippen LogP contribution in [0.1, 0.15) is 10.4 Å². The van der Waals surface area contributed by atoms with Crippen molar-refractivity contribution in [3.05, 3.63) is 46.4 Å². The van der Waals surface area contributed by atoms with Crippen molar-refractivity contribution in [2.24, 2.45) is 0 Å². The highest BCUT2D eigenvalue weighted by Gasteiger charge is 2.13. The number of nitrogen functional groups attached to an aromatic ring is 1. The van der Waals surface area contributed by atoms with Crippen molar-refractivity contribution in [2.45, 2.75) is 0 Å². The van der Waals surface area contributed by atoms with Gasteiger partial charge in [-0.1, -0.05) is 0 Å². The maximum absolute atomic E-state index is 11.8. The Bertz CT molecular complexity index is 674. The molecule has 6 heteroatoms. The summed E-state index contributed by atoms with van der Waals surface area (Å²) in [7, 11) is 2.92. The number of rotatable bonds is 4. The van der Waals surface area contributed by atoms with Crippen LogP contribution in [0.15, 0.2) is 40.9 Å². The van der Waals surface area contributed by atoms with Crippen LogP contribution >= 0.6 is 15.9 Å². The summed E-state index contributed by atoms with van der Waals surface area (Å²) in [5, 5.41) is 3.17. The standard InChI is InChI=1S/C15H15BrN2O3/c1-20-10-4-5-12(16)14(8-10)18-13-6-3-9(17)7-11(13)15(19)21-2/h3-8,18H,17H2,1-2H3. The minimum atomic E-state index is -0.455. The Hall–Kier alpha value is -2.21. The first kappa shape index (κ1) is 15.2. The average molecular weight is 351 g/mol. The molecule has 0 atom stereocenters. The van der Waals surface area contributed by atoms with E-state index >= 15 is 0 Å². The third-order valence-corrected chi connectivity index (χ3v) is 3.58. The highest BCUT2D eigenvalue weighted by atomic mass is 79.9. The maximum atomic E-state index is 11.8. The first-order valence-corrected chi connectivity index (χ1v) is 6.93. The van der Waals surface area contributed by atoms with Gasteiger partial charge in [0.25, 0.3) is 0 Å². The maximum Gasteiger partial charge on any atom is 0.340 e. The molecule has 0 aliphatic heterocycles. The molecule has 0 amide bonds. The molecule has 0 bridgehead atoms. The minimum Gasteiger partial charge on any atom is -0.497 e. The summed E-state index contributed by atoms with van der Waals surface area (Å²) < 4.78 is 10.8. The van der Waals surface area contributed by atoms with Crippen LogP contribution in [0.25, 0.3) is 0 Å². The van der Waals surface area contributed by atoms with E-state index in [1.54, 1.807) is 25.3 Å².